The first-order valence-corrected chi connectivity index (χ1v) is 6.88. The third-order valence-corrected chi connectivity index (χ3v) is 2.95. The minimum Gasteiger partial charge on any atom is -0.352 e. The van der Waals surface area contributed by atoms with E-state index in [1.807, 2.05) is 14.0 Å². The van der Waals surface area contributed by atoms with Crippen LogP contribution in [-0.2, 0) is 0 Å². The van der Waals surface area contributed by atoms with Gasteiger partial charge in [0.05, 0.1) is 0 Å². The summed E-state index contributed by atoms with van der Waals surface area (Å²) in [7, 11) is 3.60. The highest BCUT2D eigenvalue weighted by Gasteiger charge is 2.13. The van der Waals surface area contributed by atoms with E-state index in [4.69, 9.17) is 0 Å². The quantitative estimate of drug-likeness (QED) is 0.785. The van der Waals surface area contributed by atoms with E-state index in [9.17, 15) is 9.59 Å². The molecule has 0 saturated heterocycles. The van der Waals surface area contributed by atoms with Crippen LogP contribution in [0, 0.1) is 0 Å². The molecule has 0 atom stereocenters. The van der Waals surface area contributed by atoms with Crippen molar-refractivity contribution >= 4 is 11.8 Å². The lowest BCUT2D eigenvalue weighted by Crippen LogP contribution is -2.33. The van der Waals surface area contributed by atoms with Gasteiger partial charge in [-0.15, -0.1) is 0 Å². The SMILES string of the molecule is CCCNC(=O)c1cccc(C(=O)N(C)CCNC)c1. The predicted molar refractivity (Wildman–Crippen MR) is 80.0 cm³/mol. The van der Waals surface area contributed by atoms with Crippen LogP contribution in [0.1, 0.15) is 34.1 Å². The Kier molecular flexibility index (Phi) is 6.73. The van der Waals surface area contributed by atoms with Crippen LogP contribution in [0.5, 0.6) is 0 Å². The van der Waals surface area contributed by atoms with Gasteiger partial charge in [-0.25, -0.2) is 0 Å². The number of hydrogen-bond donors (Lipinski definition) is 2. The van der Waals surface area contributed by atoms with Crippen molar-refractivity contribution in [1.82, 2.24) is 15.5 Å². The number of rotatable bonds is 7. The van der Waals surface area contributed by atoms with Crippen LogP contribution in [0.3, 0.4) is 0 Å². The minimum atomic E-state index is -0.139. The van der Waals surface area contributed by atoms with Crippen molar-refractivity contribution in [3.63, 3.8) is 0 Å². The third-order valence-electron chi connectivity index (χ3n) is 2.95. The first-order valence-electron chi connectivity index (χ1n) is 6.88. The van der Waals surface area contributed by atoms with Gasteiger partial charge in [-0.1, -0.05) is 13.0 Å². The number of carbonyl (C=O) groups excluding carboxylic acids is 2. The van der Waals surface area contributed by atoms with Crippen molar-refractivity contribution < 1.29 is 9.59 Å². The molecule has 2 amide bonds. The molecular weight excluding hydrogens is 254 g/mol. The molecule has 1 aromatic carbocycles. The van der Waals surface area contributed by atoms with Gasteiger partial charge < -0.3 is 15.5 Å². The second-order valence-electron chi connectivity index (χ2n) is 4.67. The zero-order valence-electron chi connectivity index (χ0n) is 12.4. The summed E-state index contributed by atoms with van der Waals surface area (Å²) < 4.78 is 0. The molecule has 1 rings (SSSR count). The number of amides is 2. The Morgan fingerprint density at radius 3 is 2.55 bits per heavy atom. The van der Waals surface area contributed by atoms with Gasteiger partial charge in [0.2, 0.25) is 0 Å². The summed E-state index contributed by atoms with van der Waals surface area (Å²) in [5.41, 5.74) is 1.05. The molecule has 0 aliphatic heterocycles. The van der Waals surface area contributed by atoms with Crippen LogP contribution >= 0.6 is 0 Å². The van der Waals surface area contributed by atoms with Crippen LogP contribution < -0.4 is 10.6 Å². The van der Waals surface area contributed by atoms with E-state index in [-0.39, 0.29) is 11.8 Å². The fourth-order valence-corrected chi connectivity index (χ4v) is 1.74. The lowest BCUT2D eigenvalue weighted by Gasteiger charge is -2.17. The summed E-state index contributed by atoms with van der Waals surface area (Å²) in [6.45, 7) is 4.00. The van der Waals surface area contributed by atoms with Gasteiger partial charge in [0.1, 0.15) is 0 Å². The molecule has 0 aliphatic rings. The van der Waals surface area contributed by atoms with E-state index >= 15 is 0 Å². The van der Waals surface area contributed by atoms with Gasteiger partial charge in [-0.2, -0.15) is 0 Å². The van der Waals surface area contributed by atoms with Crippen LogP contribution in [0.25, 0.3) is 0 Å². The van der Waals surface area contributed by atoms with Gasteiger partial charge in [-0.3, -0.25) is 9.59 Å². The molecule has 0 aromatic heterocycles. The third kappa shape index (κ3) is 4.66. The number of nitrogens with one attached hydrogen (secondary N) is 2. The van der Waals surface area contributed by atoms with Crippen molar-refractivity contribution in [2.45, 2.75) is 13.3 Å². The van der Waals surface area contributed by atoms with Gasteiger partial charge in [-0.05, 0) is 31.7 Å². The van der Waals surface area contributed by atoms with Crippen molar-refractivity contribution in [3.05, 3.63) is 35.4 Å². The van der Waals surface area contributed by atoms with Gasteiger partial charge >= 0.3 is 0 Å². The summed E-state index contributed by atoms with van der Waals surface area (Å²) in [4.78, 5) is 25.7. The highest BCUT2D eigenvalue weighted by atomic mass is 16.2. The molecular formula is C15H23N3O2. The lowest BCUT2D eigenvalue weighted by molar-refractivity contribution is 0.0797. The molecule has 0 bridgehead atoms. The summed E-state index contributed by atoms with van der Waals surface area (Å²) in [5.74, 6) is -0.218. The number of likely N-dealkylation sites (N-methyl/N-ethyl adjacent to an activating group) is 2. The molecule has 0 radical (unpaired) electrons. The molecule has 0 spiro atoms. The molecule has 1 aromatic rings. The van der Waals surface area contributed by atoms with Gasteiger partial charge in [0, 0.05) is 37.8 Å². The number of carbonyl (C=O) groups is 2. The fraction of sp³-hybridized carbons (Fsp3) is 0.467. The van der Waals surface area contributed by atoms with E-state index in [0.717, 1.165) is 13.0 Å². The van der Waals surface area contributed by atoms with Crippen LogP contribution in [0.15, 0.2) is 24.3 Å². The molecule has 0 heterocycles. The summed E-state index contributed by atoms with van der Waals surface area (Å²) in [6.07, 6.45) is 0.886. The van der Waals surface area contributed by atoms with Crippen molar-refractivity contribution in [1.29, 1.82) is 0 Å². The summed E-state index contributed by atoms with van der Waals surface area (Å²) >= 11 is 0. The highest BCUT2D eigenvalue weighted by Crippen LogP contribution is 2.08. The Bertz CT molecular complexity index is 460. The van der Waals surface area contributed by atoms with Crippen molar-refractivity contribution in [2.24, 2.45) is 0 Å². The molecule has 5 nitrogen and oxygen atoms in total. The normalized spacial score (nSPS) is 10.2. The topological polar surface area (TPSA) is 61.4 Å². The Morgan fingerprint density at radius 2 is 1.90 bits per heavy atom. The monoisotopic (exact) mass is 277 g/mol. The van der Waals surface area contributed by atoms with E-state index < -0.39 is 0 Å². The molecule has 0 unspecified atom stereocenters. The van der Waals surface area contributed by atoms with E-state index in [0.29, 0.717) is 24.2 Å². The van der Waals surface area contributed by atoms with E-state index in [1.54, 1.807) is 36.2 Å². The van der Waals surface area contributed by atoms with Crippen molar-refractivity contribution in [3.8, 4) is 0 Å². The summed E-state index contributed by atoms with van der Waals surface area (Å²) in [6, 6.07) is 6.83. The Balaban J connectivity index is 2.76. The summed E-state index contributed by atoms with van der Waals surface area (Å²) in [5, 5.41) is 5.80. The molecule has 5 heteroatoms. The number of hydrogen-bond acceptors (Lipinski definition) is 3. The van der Waals surface area contributed by atoms with E-state index in [1.165, 1.54) is 0 Å². The standard InChI is InChI=1S/C15H23N3O2/c1-4-8-17-14(19)12-6-5-7-13(11-12)15(20)18(3)10-9-16-2/h5-7,11,16H,4,8-10H2,1-3H3,(H,17,19). The Hall–Kier alpha value is -1.88. The van der Waals surface area contributed by atoms with Gasteiger partial charge in [0.25, 0.3) is 11.8 Å². The lowest BCUT2D eigenvalue weighted by atomic mass is 10.1. The first kappa shape index (κ1) is 16.2. The second kappa shape index (κ2) is 8.32. The molecule has 0 saturated carbocycles. The molecule has 20 heavy (non-hydrogen) atoms. The Labute approximate surface area is 120 Å². The minimum absolute atomic E-state index is 0.0783. The predicted octanol–water partition coefficient (Wildman–Crippen LogP) is 1.12. The average Bonchev–Trinajstić information content (AvgIpc) is 2.49. The van der Waals surface area contributed by atoms with Crippen LogP contribution in [-0.4, -0.2) is 50.4 Å². The van der Waals surface area contributed by atoms with Crippen LogP contribution in [0.2, 0.25) is 0 Å². The van der Waals surface area contributed by atoms with E-state index in [2.05, 4.69) is 10.6 Å². The smallest absolute Gasteiger partial charge is 0.253 e. The molecule has 0 fully saturated rings. The maximum absolute atomic E-state index is 12.2. The van der Waals surface area contributed by atoms with Crippen molar-refractivity contribution in [2.75, 3.05) is 33.7 Å². The largest absolute Gasteiger partial charge is 0.352 e. The molecule has 2 N–H and O–H groups in total. The zero-order valence-corrected chi connectivity index (χ0v) is 12.4. The fourth-order valence-electron chi connectivity index (χ4n) is 1.74. The van der Waals surface area contributed by atoms with Crippen LogP contribution in [0.4, 0.5) is 0 Å². The average molecular weight is 277 g/mol. The number of nitrogens with zero attached hydrogens (tertiary/aromatic N) is 1. The Morgan fingerprint density at radius 1 is 1.20 bits per heavy atom. The second-order valence-corrected chi connectivity index (χ2v) is 4.67. The highest BCUT2D eigenvalue weighted by molar-refractivity contribution is 5.99. The molecule has 0 aliphatic carbocycles. The number of benzene rings is 1. The maximum atomic E-state index is 12.2. The maximum Gasteiger partial charge on any atom is 0.253 e. The van der Waals surface area contributed by atoms with Gasteiger partial charge in [0.15, 0.2) is 0 Å². The molecule has 110 valence electrons. The zero-order chi connectivity index (χ0) is 15.0. The first-order chi connectivity index (χ1) is 9.60.